The van der Waals surface area contributed by atoms with E-state index in [0.717, 1.165) is 8.81 Å². The fourth-order valence-corrected chi connectivity index (χ4v) is 4.26. The summed E-state index contributed by atoms with van der Waals surface area (Å²) in [4.78, 5) is 1.40. The van der Waals surface area contributed by atoms with Gasteiger partial charge in [-0.25, -0.2) is 0 Å². The summed E-state index contributed by atoms with van der Waals surface area (Å²) in [7, 11) is 0. The Labute approximate surface area is 140 Å². The molecule has 0 bridgehead atoms. The first-order valence-corrected chi connectivity index (χ1v) is 8.88. The van der Waals surface area contributed by atoms with Crippen LogP contribution in [-0.2, 0) is 5.41 Å². The quantitative estimate of drug-likeness (QED) is 0.460. The Morgan fingerprint density at radius 3 is 2.16 bits per heavy atom. The molecule has 0 aliphatic carbocycles. The van der Waals surface area contributed by atoms with Crippen molar-refractivity contribution in [3.8, 4) is 0 Å². The standard InChI is InChI=1S/C15H15Br2ClS/c1-15(2,3)10-6-4-9(5-7-10)13(17)12-8-11(16)14(18)19-12/h4-8,13H,1-3H3. The highest BCUT2D eigenvalue weighted by Gasteiger charge is 2.17. The summed E-state index contributed by atoms with van der Waals surface area (Å²) in [5.41, 5.74) is 2.79. The number of halogens is 3. The van der Waals surface area contributed by atoms with E-state index in [2.05, 4.69) is 83.0 Å². The highest BCUT2D eigenvalue weighted by atomic mass is 79.9. The van der Waals surface area contributed by atoms with Crippen molar-refractivity contribution in [2.24, 2.45) is 0 Å². The second-order valence-corrected chi connectivity index (χ2v) is 8.96. The van der Waals surface area contributed by atoms with E-state index in [1.807, 2.05) is 0 Å². The maximum atomic E-state index is 6.10. The molecular formula is C15H15Br2ClS. The molecule has 1 aromatic carbocycles. The molecule has 1 aromatic heterocycles. The zero-order valence-corrected chi connectivity index (χ0v) is 15.8. The molecule has 0 N–H and O–H groups in total. The molecule has 1 unspecified atom stereocenters. The fraction of sp³-hybridized carbons (Fsp3) is 0.333. The van der Waals surface area contributed by atoms with Gasteiger partial charge in [0.05, 0.1) is 4.83 Å². The molecule has 0 fully saturated rings. The van der Waals surface area contributed by atoms with Crippen molar-refractivity contribution in [2.45, 2.75) is 31.0 Å². The number of alkyl halides is 1. The van der Waals surface area contributed by atoms with Gasteiger partial charge < -0.3 is 0 Å². The SMILES string of the molecule is CC(C)(C)c1ccc(C(Br)c2cc(Br)c(Cl)s2)cc1. The van der Waals surface area contributed by atoms with Gasteiger partial charge in [0.15, 0.2) is 0 Å². The van der Waals surface area contributed by atoms with Gasteiger partial charge in [-0.2, -0.15) is 0 Å². The Kier molecular flexibility index (Phi) is 4.82. The van der Waals surface area contributed by atoms with Gasteiger partial charge in [-0.3, -0.25) is 0 Å². The van der Waals surface area contributed by atoms with E-state index >= 15 is 0 Å². The van der Waals surface area contributed by atoms with Crippen LogP contribution in [0.3, 0.4) is 0 Å². The van der Waals surface area contributed by atoms with Gasteiger partial charge in [0.2, 0.25) is 0 Å². The van der Waals surface area contributed by atoms with Crippen molar-refractivity contribution in [1.29, 1.82) is 0 Å². The lowest BCUT2D eigenvalue weighted by atomic mass is 9.86. The van der Waals surface area contributed by atoms with Crippen molar-refractivity contribution in [1.82, 2.24) is 0 Å². The second kappa shape index (κ2) is 5.88. The molecule has 0 saturated heterocycles. The van der Waals surface area contributed by atoms with Gasteiger partial charge in [0.25, 0.3) is 0 Å². The molecule has 2 rings (SSSR count). The molecule has 4 heteroatoms. The highest BCUT2D eigenvalue weighted by molar-refractivity contribution is 9.10. The Hall–Kier alpha value is 0.170. The molecule has 0 radical (unpaired) electrons. The van der Waals surface area contributed by atoms with Gasteiger partial charge in [0.1, 0.15) is 4.34 Å². The first kappa shape index (κ1) is 15.6. The maximum Gasteiger partial charge on any atom is 0.107 e. The van der Waals surface area contributed by atoms with E-state index in [-0.39, 0.29) is 10.2 Å². The summed E-state index contributed by atoms with van der Waals surface area (Å²) in [6.07, 6.45) is 0. The summed E-state index contributed by atoms with van der Waals surface area (Å²) in [6.45, 7) is 6.68. The third kappa shape index (κ3) is 3.63. The third-order valence-corrected chi connectivity index (χ3v) is 6.85. The molecule has 19 heavy (non-hydrogen) atoms. The average molecular weight is 423 g/mol. The fourth-order valence-electron chi connectivity index (χ4n) is 1.80. The number of hydrogen-bond acceptors (Lipinski definition) is 1. The molecule has 1 heterocycles. The Morgan fingerprint density at radius 2 is 1.74 bits per heavy atom. The summed E-state index contributed by atoms with van der Waals surface area (Å²) in [5.74, 6) is 0. The van der Waals surface area contributed by atoms with Crippen LogP contribution in [0.15, 0.2) is 34.8 Å². The van der Waals surface area contributed by atoms with E-state index in [1.54, 1.807) is 11.3 Å². The van der Waals surface area contributed by atoms with Crippen molar-refractivity contribution in [2.75, 3.05) is 0 Å². The molecule has 2 aromatic rings. The largest absolute Gasteiger partial charge is 0.126 e. The molecule has 0 nitrogen and oxygen atoms in total. The molecule has 102 valence electrons. The molecule has 0 saturated carbocycles. The van der Waals surface area contributed by atoms with E-state index < -0.39 is 0 Å². The third-order valence-electron chi connectivity index (χ3n) is 2.98. The minimum Gasteiger partial charge on any atom is -0.126 e. The van der Waals surface area contributed by atoms with Gasteiger partial charge in [0, 0.05) is 9.35 Å². The molecule has 1 atom stereocenters. The van der Waals surface area contributed by atoms with Crippen LogP contribution >= 0.6 is 54.8 Å². The van der Waals surface area contributed by atoms with Gasteiger partial charge in [-0.05, 0) is 38.5 Å². The summed E-state index contributed by atoms with van der Waals surface area (Å²) >= 11 is 14.9. The van der Waals surface area contributed by atoms with Gasteiger partial charge in [-0.1, -0.05) is 72.6 Å². The first-order chi connectivity index (χ1) is 8.79. The predicted molar refractivity (Wildman–Crippen MR) is 92.9 cm³/mol. The van der Waals surface area contributed by atoms with Crippen LogP contribution in [0.5, 0.6) is 0 Å². The molecular weight excluding hydrogens is 407 g/mol. The maximum absolute atomic E-state index is 6.10. The van der Waals surface area contributed by atoms with Crippen LogP contribution < -0.4 is 0 Å². The van der Waals surface area contributed by atoms with Gasteiger partial charge >= 0.3 is 0 Å². The van der Waals surface area contributed by atoms with Crippen LogP contribution in [0.25, 0.3) is 0 Å². The predicted octanol–water partition coefficient (Wildman–Crippen LogP) is 6.95. The minimum atomic E-state index is 0.190. The molecule has 0 spiro atoms. The van der Waals surface area contributed by atoms with E-state index in [9.17, 15) is 0 Å². The lowest BCUT2D eigenvalue weighted by Crippen LogP contribution is -2.10. The van der Waals surface area contributed by atoms with Gasteiger partial charge in [-0.15, -0.1) is 11.3 Å². The normalized spacial score (nSPS) is 13.6. The smallest absolute Gasteiger partial charge is 0.107 e. The number of rotatable bonds is 2. The number of hydrogen-bond donors (Lipinski definition) is 0. The van der Waals surface area contributed by atoms with Crippen molar-refractivity contribution >= 4 is 54.8 Å². The highest BCUT2D eigenvalue weighted by Crippen LogP contribution is 2.41. The van der Waals surface area contributed by atoms with E-state index in [0.29, 0.717) is 0 Å². The second-order valence-electron chi connectivity index (χ2n) is 5.50. The van der Waals surface area contributed by atoms with Crippen LogP contribution in [0.1, 0.15) is 41.6 Å². The topological polar surface area (TPSA) is 0 Å². The van der Waals surface area contributed by atoms with Crippen LogP contribution in [0.2, 0.25) is 4.34 Å². The number of benzene rings is 1. The Balaban J connectivity index is 2.27. The van der Waals surface area contributed by atoms with E-state index in [1.165, 1.54) is 16.0 Å². The molecule has 0 aliphatic heterocycles. The van der Waals surface area contributed by atoms with Crippen LogP contribution in [0, 0.1) is 0 Å². The monoisotopic (exact) mass is 420 g/mol. The summed E-state index contributed by atoms with van der Waals surface area (Å²) in [6, 6.07) is 10.8. The van der Waals surface area contributed by atoms with Crippen molar-refractivity contribution < 1.29 is 0 Å². The Bertz CT molecular complexity index is 547. The minimum absolute atomic E-state index is 0.190. The Morgan fingerprint density at radius 1 is 1.16 bits per heavy atom. The summed E-state index contributed by atoms with van der Waals surface area (Å²) in [5, 5.41) is 0. The lowest BCUT2D eigenvalue weighted by Gasteiger charge is -2.19. The van der Waals surface area contributed by atoms with E-state index in [4.69, 9.17) is 11.6 Å². The van der Waals surface area contributed by atoms with Crippen LogP contribution in [-0.4, -0.2) is 0 Å². The molecule has 0 amide bonds. The zero-order valence-electron chi connectivity index (χ0n) is 11.0. The zero-order chi connectivity index (χ0) is 14.2. The number of thiophene rings is 1. The lowest BCUT2D eigenvalue weighted by molar-refractivity contribution is 0.590. The van der Waals surface area contributed by atoms with Crippen molar-refractivity contribution in [3.63, 3.8) is 0 Å². The summed E-state index contributed by atoms with van der Waals surface area (Å²) < 4.78 is 1.76. The molecule has 0 aliphatic rings. The average Bonchev–Trinajstić information content (AvgIpc) is 2.68. The first-order valence-electron chi connectivity index (χ1n) is 5.98. The van der Waals surface area contributed by atoms with Crippen LogP contribution in [0.4, 0.5) is 0 Å². The van der Waals surface area contributed by atoms with Crippen molar-refractivity contribution in [3.05, 3.63) is 55.1 Å².